The number of carbonyl (C=O) groups is 1. The molecule has 7 nitrogen and oxygen atoms in total. The molecule has 3 heterocycles. The van der Waals surface area contributed by atoms with E-state index in [2.05, 4.69) is 4.98 Å². The minimum atomic E-state index is -0.0247. The normalized spacial score (nSPS) is 21.2. The van der Waals surface area contributed by atoms with Crippen LogP contribution in [0.2, 0.25) is 0 Å². The Bertz CT molecular complexity index is 866. The molecule has 7 heteroatoms. The number of fused-ring (bicyclic) bond motifs is 1. The highest BCUT2D eigenvalue weighted by atomic mass is 16.5. The standard InChI is InChI=1S/C20H28N4O3/c1-27-14-18(25)22-11-9-16(13-22)24-19-17(8-5-10-21-19)23(20(24)26)12-15-6-3-2-4-7-15/h5,8,10,15-16H,2-4,6-7,9,11-14H2,1H3/t16-/m1/s1. The summed E-state index contributed by atoms with van der Waals surface area (Å²) in [5.74, 6) is 0.547. The second-order valence-corrected chi connectivity index (χ2v) is 7.83. The minimum Gasteiger partial charge on any atom is -0.375 e. The van der Waals surface area contributed by atoms with Gasteiger partial charge < -0.3 is 9.64 Å². The molecule has 0 spiro atoms. The monoisotopic (exact) mass is 372 g/mol. The van der Waals surface area contributed by atoms with Gasteiger partial charge in [-0.3, -0.25) is 13.9 Å². The van der Waals surface area contributed by atoms with Crippen molar-refractivity contribution in [3.05, 3.63) is 28.8 Å². The Kier molecular flexibility index (Phi) is 5.29. The predicted octanol–water partition coefficient (Wildman–Crippen LogP) is 2.20. The van der Waals surface area contributed by atoms with Crippen molar-refractivity contribution in [3.8, 4) is 0 Å². The molecule has 0 unspecified atom stereocenters. The molecule has 1 amide bonds. The summed E-state index contributed by atoms with van der Waals surface area (Å²) >= 11 is 0. The minimum absolute atomic E-state index is 0.0142. The number of nitrogens with zero attached hydrogens (tertiary/aromatic N) is 4. The van der Waals surface area contributed by atoms with Gasteiger partial charge in [0.2, 0.25) is 5.91 Å². The van der Waals surface area contributed by atoms with Gasteiger partial charge in [-0.15, -0.1) is 0 Å². The smallest absolute Gasteiger partial charge is 0.330 e. The first-order valence-corrected chi connectivity index (χ1v) is 10.0. The van der Waals surface area contributed by atoms with Gasteiger partial charge in [-0.1, -0.05) is 19.3 Å². The summed E-state index contributed by atoms with van der Waals surface area (Å²) in [5, 5.41) is 0. The van der Waals surface area contributed by atoms with E-state index < -0.39 is 0 Å². The molecule has 4 rings (SSSR count). The van der Waals surface area contributed by atoms with Crippen molar-refractivity contribution in [2.75, 3.05) is 26.8 Å². The van der Waals surface area contributed by atoms with E-state index in [0.717, 1.165) is 24.1 Å². The Morgan fingerprint density at radius 3 is 2.85 bits per heavy atom. The fraction of sp³-hybridized carbons (Fsp3) is 0.650. The zero-order chi connectivity index (χ0) is 18.8. The quantitative estimate of drug-likeness (QED) is 0.807. The largest absolute Gasteiger partial charge is 0.375 e. The fourth-order valence-electron chi connectivity index (χ4n) is 4.64. The maximum absolute atomic E-state index is 13.3. The fourth-order valence-corrected chi connectivity index (χ4v) is 4.64. The SMILES string of the molecule is COCC(=O)N1CC[C@@H](n2c(=O)n(CC3CCCCC3)c3cccnc32)C1. The zero-order valence-electron chi connectivity index (χ0n) is 16.0. The summed E-state index contributed by atoms with van der Waals surface area (Å²) in [6, 6.07) is 3.86. The van der Waals surface area contributed by atoms with Crippen LogP contribution in [0.1, 0.15) is 44.6 Å². The number of carbonyl (C=O) groups excluding carboxylic acids is 1. The molecule has 27 heavy (non-hydrogen) atoms. The highest BCUT2D eigenvalue weighted by Crippen LogP contribution is 2.28. The van der Waals surface area contributed by atoms with Gasteiger partial charge in [0, 0.05) is 32.9 Å². The number of pyridine rings is 1. The van der Waals surface area contributed by atoms with Gasteiger partial charge in [0.25, 0.3) is 0 Å². The summed E-state index contributed by atoms with van der Waals surface area (Å²) in [5.41, 5.74) is 1.67. The molecule has 0 aromatic carbocycles. The van der Waals surface area contributed by atoms with Crippen molar-refractivity contribution >= 4 is 17.1 Å². The van der Waals surface area contributed by atoms with Crippen LogP contribution < -0.4 is 5.69 Å². The maximum atomic E-state index is 13.3. The molecule has 146 valence electrons. The van der Waals surface area contributed by atoms with Crippen LogP contribution >= 0.6 is 0 Å². The van der Waals surface area contributed by atoms with E-state index in [4.69, 9.17) is 4.74 Å². The maximum Gasteiger partial charge on any atom is 0.330 e. The molecular weight excluding hydrogens is 344 g/mol. The van der Waals surface area contributed by atoms with E-state index >= 15 is 0 Å². The van der Waals surface area contributed by atoms with E-state index in [1.54, 1.807) is 11.1 Å². The lowest BCUT2D eigenvalue weighted by Crippen LogP contribution is -2.34. The number of methoxy groups -OCH3 is 1. The molecule has 2 fully saturated rings. The molecule has 2 aromatic rings. The van der Waals surface area contributed by atoms with Crippen molar-refractivity contribution in [2.45, 2.75) is 51.1 Å². The number of ether oxygens (including phenoxy) is 1. The third-order valence-electron chi connectivity index (χ3n) is 6.04. The van der Waals surface area contributed by atoms with Gasteiger partial charge >= 0.3 is 5.69 Å². The predicted molar refractivity (Wildman–Crippen MR) is 103 cm³/mol. The van der Waals surface area contributed by atoms with Gasteiger partial charge in [-0.25, -0.2) is 9.78 Å². The first-order chi connectivity index (χ1) is 13.2. The molecule has 2 aromatic heterocycles. The molecule has 0 bridgehead atoms. The molecule has 0 radical (unpaired) electrons. The van der Waals surface area contributed by atoms with Crippen molar-refractivity contribution in [1.29, 1.82) is 0 Å². The molecule has 1 aliphatic heterocycles. The van der Waals surface area contributed by atoms with Crippen molar-refractivity contribution in [1.82, 2.24) is 19.0 Å². The number of imidazole rings is 1. The number of amides is 1. The van der Waals surface area contributed by atoms with Crippen molar-refractivity contribution in [3.63, 3.8) is 0 Å². The lowest BCUT2D eigenvalue weighted by Gasteiger charge is -2.21. The first-order valence-electron chi connectivity index (χ1n) is 10.0. The Labute approximate surface area is 158 Å². The van der Waals surface area contributed by atoms with Crippen LogP contribution in [0.15, 0.2) is 23.1 Å². The van der Waals surface area contributed by atoms with E-state index in [0.29, 0.717) is 19.0 Å². The lowest BCUT2D eigenvalue weighted by molar-refractivity contribution is -0.134. The number of aromatic nitrogens is 3. The summed E-state index contributed by atoms with van der Waals surface area (Å²) in [7, 11) is 1.53. The number of hydrogen-bond acceptors (Lipinski definition) is 4. The van der Waals surface area contributed by atoms with Gasteiger partial charge in [0.15, 0.2) is 5.65 Å². The van der Waals surface area contributed by atoms with Crippen LogP contribution in [-0.4, -0.2) is 51.7 Å². The average molecular weight is 372 g/mol. The van der Waals surface area contributed by atoms with Crippen molar-refractivity contribution in [2.24, 2.45) is 5.92 Å². The average Bonchev–Trinajstić information content (AvgIpc) is 3.27. The molecular formula is C20H28N4O3. The highest BCUT2D eigenvalue weighted by Gasteiger charge is 2.31. The summed E-state index contributed by atoms with van der Waals surface area (Å²) in [6.07, 6.45) is 8.73. The number of hydrogen-bond donors (Lipinski definition) is 0. The van der Waals surface area contributed by atoms with Gasteiger partial charge in [0.1, 0.15) is 6.61 Å². The van der Waals surface area contributed by atoms with Crippen LogP contribution in [-0.2, 0) is 16.1 Å². The second-order valence-electron chi connectivity index (χ2n) is 7.83. The molecule has 1 saturated carbocycles. The summed E-state index contributed by atoms with van der Waals surface area (Å²) in [4.78, 5) is 31.7. The summed E-state index contributed by atoms with van der Waals surface area (Å²) in [6.45, 7) is 2.05. The Morgan fingerprint density at radius 2 is 2.07 bits per heavy atom. The lowest BCUT2D eigenvalue weighted by atomic mass is 9.89. The van der Waals surface area contributed by atoms with Crippen LogP contribution in [0.25, 0.3) is 11.2 Å². The van der Waals surface area contributed by atoms with Gasteiger partial charge in [0.05, 0.1) is 11.6 Å². The van der Waals surface area contributed by atoms with E-state index in [9.17, 15) is 9.59 Å². The third-order valence-corrected chi connectivity index (χ3v) is 6.04. The zero-order valence-corrected chi connectivity index (χ0v) is 16.0. The number of rotatable bonds is 5. The second kappa shape index (κ2) is 7.84. The van der Waals surface area contributed by atoms with E-state index in [1.165, 1.54) is 39.2 Å². The van der Waals surface area contributed by atoms with Gasteiger partial charge in [-0.2, -0.15) is 0 Å². The molecule has 1 aliphatic carbocycles. The molecule has 0 N–H and O–H groups in total. The summed E-state index contributed by atoms with van der Waals surface area (Å²) < 4.78 is 8.70. The van der Waals surface area contributed by atoms with Gasteiger partial charge in [-0.05, 0) is 37.3 Å². The topological polar surface area (TPSA) is 69.4 Å². The van der Waals surface area contributed by atoms with Crippen LogP contribution in [0.5, 0.6) is 0 Å². The highest BCUT2D eigenvalue weighted by molar-refractivity contribution is 5.78. The third kappa shape index (κ3) is 3.52. The van der Waals surface area contributed by atoms with E-state index in [-0.39, 0.29) is 24.2 Å². The van der Waals surface area contributed by atoms with Crippen molar-refractivity contribution < 1.29 is 9.53 Å². The molecule has 1 saturated heterocycles. The van der Waals surface area contributed by atoms with E-state index in [1.807, 2.05) is 21.3 Å². The molecule has 2 aliphatic rings. The van der Waals surface area contributed by atoms with Crippen LogP contribution in [0.4, 0.5) is 0 Å². The Morgan fingerprint density at radius 1 is 1.26 bits per heavy atom. The Hall–Kier alpha value is -2.15. The first kappa shape index (κ1) is 18.2. The number of likely N-dealkylation sites (tertiary alicyclic amines) is 1. The Balaban J connectivity index is 1.64. The van der Waals surface area contributed by atoms with Crippen LogP contribution in [0.3, 0.4) is 0 Å². The molecule has 1 atom stereocenters. The van der Waals surface area contributed by atoms with Crippen LogP contribution in [0, 0.1) is 5.92 Å².